The van der Waals surface area contributed by atoms with Crippen LogP contribution in [0.1, 0.15) is 29.7 Å². The Morgan fingerprint density at radius 3 is 2.50 bits per heavy atom. The Balaban J connectivity index is 2.03. The molecule has 1 aliphatic rings. The molecule has 5 heteroatoms. The minimum absolute atomic E-state index is 0.231. The minimum atomic E-state index is -0.526. The highest BCUT2D eigenvalue weighted by molar-refractivity contribution is 5.95. The smallest absolute Gasteiger partial charge is 0.337 e. The Kier molecular flexibility index (Phi) is 5.07. The fourth-order valence-electron chi connectivity index (χ4n) is 3.21. The fraction of sp³-hybridized carbons (Fsp3) is 0.238. The van der Waals surface area contributed by atoms with Gasteiger partial charge in [-0.1, -0.05) is 60.2 Å². The maximum Gasteiger partial charge on any atom is 0.337 e. The molecule has 3 rings (SSSR count). The van der Waals surface area contributed by atoms with Crippen LogP contribution >= 0.6 is 0 Å². The molecule has 26 heavy (non-hydrogen) atoms. The SMILES string of the molecule is COC(=O)C1=C(C)N(Cc2ccccc2)C(=O)NC1c1cccc(C)c1. The normalized spacial score (nSPS) is 17.1. The molecule has 1 N–H and O–H groups in total. The van der Waals surface area contributed by atoms with Crippen LogP contribution in [0.25, 0.3) is 0 Å². The maximum atomic E-state index is 12.8. The summed E-state index contributed by atoms with van der Waals surface area (Å²) in [4.78, 5) is 26.8. The predicted octanol–water partition coefficient (Wildman–Crippen LogP) is 3.71. The first-order valence-corrected chi connectivity index (χ1v) is 8.49. The number of amides is 2. The third-order valence-electron chi connectivity index (χ3n) is 4.56. The van der Waals surface area contributed by atoms with Crippen LogP contribution in [0.4, 0.5) is 4.79 Å². The molecular weight excluding hydrogens is 328 g/mol. The van der Waals surface area contributed by atoms with Gasteiger partial charge < -0.3 is 10.1 Å². The Hall–Kier alpha value is -3.08. The summed E-state index contributed by atoms with van der Waals surface area (Å²) in [6.07, 6.45) is 0. The minimum Gasteiger partial charge on any atom is -0.466 e. The lowest BCUT2D eigenvalue weighted by molar-refractivity contribution is -0.136. The molecule has 2 aromatic carbocycles. The van der Waals surface area contributed by atoms with Crippen LogP contribution in [0.3, 0.4) is 0 Å². The highest BCUT2D eigenvalue weighted by Gasteiger charge is 2.36. The van der Waals surface area contributed by atoms with Gasteiger partial charge in [0.15, 0.2) is 0 Å². The average Bonchev–Trinajstić information content (AvgIpc) is 2.65. The van der Waals surface area contributed by atoms with Crippen molar-refractivity contribution in [3.05, 3.63) is 82.6 Å². The largest absolute Gasteiger partial charge is 0.466 e. The van der Waals surface area contributed by atoms with Gasteiger partial charge in [-0.15, -0.1) is 0 Å². The molecule has 0 spiro atoms. The van der Waals surface area contributed by atoms with Crippen LogP contribution in [0.15, 0.2) is 65.9 Å². The molecule has 0 saturated carbocycles. The number of nitrogens with zero attached hydrogens (tertiary/aromatic N) is 1. The van der Waals surface area contributed by atoms with Gasteiger partial charge in [-0.05, 0) is 25.0 Å². The van der Waals surface area contributed by atoms with Gasteiger partial charge in [-0.2, -0.15) is 0 Å². The highest BCUT2D eigenvalue weighted by Crippen LogP contribution is 2.32. The third-order valence-corrected chi connectivity index (χ3v) is 4.56. The second-order valence-corrected chi connectivity index (χ2v) is 6.36. The van der Waals surface area contributed by atoms with E-state index in [2.05, 4.69) is 5.32 Å². The van der Waals surface area contributed by atoms with E-state index in [-0.39, 0.29) is 6.03 Å². The van der Waals surface area contributed by atoms with Gasteiger partial charge in [0.05, 0.1) is 25.3 Å². The summed E-state index contributed by atoms with van der Waals surface area (Å²) in [6.45, 7) is 4.15. The molecule has 0 saturated heterocycles. The topological polar surface area (TPSA) is 58.6 Å². The Labute approximate surface area is 153 Å². The molecule has 0 bridgehead atoms. The van der Waals surface area contributed by atoms with E-state index in [0.717, 1.165) is 16.7 Å². The van der Waals surface area contributed by atoms with Gasteiger partial charge in [-0.3, -0.25) is 4.90 Å². The van der Waals surface area contributed by atoms with E-state index >= 15 is 0 Å². The van der Waals surface area contributed by atoms with Gasteiger partial charge >= 0.3 is 12.0 Å². The first kappa shape index (κ1) is 17.7. The molecule has 0 aromatic heterocycles. The number of esters is 1. The summed E-state index contributed by atoms with van der Waals surface area (Å²) in [5, 5.41) is 2.95. The molecule has 1 atom stereocenters. The van der Waals surface area contributed by atoms with Crippen LogP contribution in [0, 0.1) is 6.92 Å². The van der Waals surface area contributed by atoms with Crippen LogP contribution in [-0.4, -0.2) is 24.0 Å². The van der Waals surface area contributed by atoms with Gasteiger partial charge in [0.25, 0.3) is 0 Å². The van der Waals surface area contributed by atoms with E-state index < -0.39 is 12.0 Å². The van der Waals surface area contributed by atoms with E-state index in [0.29, 0.717) is 17.8 Å². The second kappa shape index (κ2) is 7.44. The van der Waals surface area contributed by atoms with Gasteiger partial charge in [0, 0.05) is 5.70 Å². The number of benzene rings is 2. The summed E-state index contributed by atoms with van der Waals surface area (Å²) in [5.41, 5.74) is 3.97. The Morgan fingerprint density at radius 2 is 1.85 bits per heavy atom. The van der Waals surface area contributed by atoms with Crippen molar-refractivity contribution in [2.45, 2.75) is 26.4 Å². The molecule has 1 aliphatic heterocycles. The number of ether oxygens (including phenoxy) is 1. The number of carbonyl (C=O) groups excluding carboxylic acids is 2. The third kappa shape index (κ3) is 3.47. The van der Waals surface area contributed by atoms with Crippen LogP contribution in [-0.2, 0) is 16.1 Å². The molecule has 1 unspecified atom stereocenters. The first-order valence-electron chi connectivity index (χ1n) is 8.49. The van der Waals surface area contributed by atoms with Gasteiger partial charge in [0.2, 0.25) is 0 Å². The zero-order valence-electron chi connectivity index (χ0n) is 15.2. The number of urea groups is 1. The molecule has 134 valence electrons. The number of carbonyl (C=O) groups is 2. The molecule has 0 aliphatic carbocycles. The van der Waals surface area contributed by atoms with Crippen molar-refractivity contribution in [1.82, 2.24) is 10.2 Å². The number of aryl methyl sites for hydroxylation is 1. The lowest BCUT2D eigenvalue weighted by Gasteiger charge is -2.35. The first-order chi connectivity index (χ1) is 12.5. The quantitative estimate of drug-likeness (QED) is 0.855. The zero-order chi connectivity index (χ0) is 18.7. The number of hydrogen-bond acceptors (Lipinski definition) is 3. The molecule has 2 amide bonds. The van der Waals surface area contributed by atoms with Crippen molar-refractivity contribution in [2.75, 3.05) is 7.11 Å². The summed E-state index contributed by atoms with van der Waals surface area (Å²) >= 11 is 0. The van der Waals surface area contributed by atoms with E-state index in [9.17, 15) is 9.59 Å². The molecule has 0 radical (unpaired) electrons. The standard InChI is InChI=1S/C21H22N2O3/c1-14-8-7-11-17(12-14)19-18(20(24)26-3)15(2)23(21(25)22-19)13-16-9-5-4-6-10-16/h4-12,19H,13H2,1-3H3,(H,22,25). The van der Waals surface area contributed by atoms with Crippen molar-refractivity contribution in [3.63, 3.8) is 0 Å². The number of allylic oxidation sites excluding steroid dienone is 1. The van der Waals surface area contributed by atoms with Crippen molar-refractivity contribution in [1.29, 1.82) is 0 Å². The monoisotopic (exact) mass is 350 g/mol. The van der Waals surface area contributed by atoms with Crippen molar-refractivity contribution < 1.29 is 14.3 Å². The van der Waals surface area contributed by atoms with E-state index in [1.54, 1.807) is 11.8 Å². The second-order valence-electron chi connectivity index (χ2n) is 6.36. The van der Waals surface area contributed by atoms with Gasteiger partial charge in [-0.25, -0.2) is 9.59 Å². The number of hydrogen-bond donors (Lipinski definition) is 1. The number of rotatable bonds is 4. The molecule has 5 nitrogen and oxygen atoms in total. The summed E-state index contributed by atoms with van der Waals surface area (Å²) in [7, 11) is 1.36. The van der Waals surface area contributed by atoms with Crippen LogP contribution in [0.5, 0.6) is 0 Å². The van der Waals surface area contributed by atoms with E-state index in [1.807, 2.05) is 61.5 Å². The Bertz CT molecular complexity index is 859. The van der Waals surface area contributed by atoms with Crippen molar-refractivity contribution in [3.8, 4) is 0 Å². The molecular formula is C21H22N2O3. The van der Waals surface area contributed by atoms with Crippen molar-refractivity contribution in [2.24, 2.45) is 0 Å². The molecule has 2 aromatic rings. The predicted molar refractivity (Wildman–Crippen MR) is 99.2 cm³/mol. The Morgan fingerprint density at radius 1 is 1.12 bits per heavy atom. The highest BCUT2D eigenvalue weighted by atomic mass is 16.5. The maximum absolute atomic E-state index is 12.8. The zero-order valence-corrected chi connectivity index (χ0v) is 15.2. The van der Waals surface area contributed by atoms with E-state index in [1.165, 1.54) is 7.11 Å². The number of methoxy groups -OCH3 is 1. The molecule has 1 heterocycles. The summed E-state index contributed by atoms with van der Waals surface area (Å²) in [6, 6.07) is 16.7. The van der Waals surface area contributed by atoms with Gasteiger partial charge in [0.1, 0.15) is 0 Å². The summed E-state index contributed by atoms with van der Waals surface area (Å²) < 4.78 is 5.00. The number of nitrogens with one attached hydrogen (secondary N) is 1. The van der Waals surface area contributed by atoms with Crippen LogP contribution < -0.4 is 5.32 Å². The average molecular weight is 350 g/mol. The van der Waals surface area contributed by atoms with Crippen LogP contribution in [0.2, 0.25) is 0 Å². The lowest BCUT2D eigenvalue weighted by Crippen LogP contribution is -2.47. The summed E-state index contributed by atoms with van der Waals surface area (Å²) in [5.74, 6) is -0.438. The molecule has 0 fully saturated rings. The lowest BCUT2D eigenvalue weighted by atomic mass is 9.94. The van der Waals surface area contributed by atoms with E-state index in [4.69, 9.17) is 4.74 Å². The van der Waals surface area contributed by atoms with Crippen molar-refractivity contribution >= 4 is 12.0 Å². The fourth-order valence-corrected chi connectivity index (χ4v) is 3.21.